The molecule has 1 unspecified atom stereocenters. The standard InChI is InChI=1S/C10H11ClN2O/c1-10(13,6-12)7-14-9-4-2-8(11)3-5-9/h2-5H,7,13H2,1H3. The highest BCUT2D eigenvalue weighted by Gasteiger charge is 2.17. The van der Waals surface area contributed by atoms with Crippen LogP contribution in [0.2, 0.25) is 5.02 Å². The number of nitriles is 1. The Hall–Kier alpha value is -1.24. The second-order valence-electron chi connectivity index (χ2n) is 3.27. The quantitative estimate of drug-likeness (QED) is 0.830. The van der Waals surface area contributed by atoms with E-state index in [0.29, 0.717) is 10.8 Å². The van der Waals surface area contributed by atoms with Gasteiger partial charge in [0.15, 0.2) is 0 Å². The minimum Gasteiger partial charge on any atom is -0.491 e. The molecule has 0 bridgehead atoms. The van der Waals surface area contributed by atoms with Crippen molar-refractivity contribution in [3.8, 4) is 11.8 Å². The summed E-state index contributed by atoms with van der Waals surface area (Å²) in [6.07, 6.45) is 0. The molecule has 1 aromatic rings. The van der Waals surface area contributed by atoms with E-state index in [0.717, 1.165) is 0 Å². The fourth-order valence-corrected chi connectivity index (χ4v) is 0.922. The van der Waals surface area contributed by atoms with Crippen molar-refractivity contribution in [2.75, 3.05) is 6.61 Å². The zero-order chi connectivity index (χ0) is 10.6. The van der Waals surface area contributed by atoms with Gasteiger partial charge in [-0.15, -0.1) is 0 Å². The third kappa shape index (κ3) is 3.25. The van der Waals surface area contributed by atoms with E-state index in [1.165, 1.54) is 0 Å². The summed E-state index contributed by atoms with van der Waals surface area (Å²) in [6, 6.07) is 8.85. The number of hydrogen-bond donors (Lipinski definition) is 1. The molecule has 0 aliphatic heterocycles. The van der Waals surface area contributed by atoms with Crippen LogP contribution in [0.4, 0.5) is 0 Å². The van der Waals surface area contributed by atoms with E-state index in [2.05, 4.69) is 0 Å². The van der Waals surface area contributed by atoms with Gasteiger partial charge in [0, 0.05) is 5.02 Å². The van der Waals surface area contributed by atoms with Crippen LogP contribution in [-0.2, 0) is 0 Å². The highest BCUT2D eigenvalue weighted by Crippen LogP contribution is 2.16. The molecule has 3 nitrogen and oxygen atoms in total. The minimum atomic E-state index is -0.959. The average molecular weight is 211 g/mol. The third-order valence-corrected chi connectivity index (χ3v) is 1.86. The fourth-order valence-electron chi connectivity index (χ4n) is 0.796. The summed E-state index contributed by atoms with van der Waals surface area (Å²) in [5.41, 5.74) is 4.62. The molecule has 0 radical (unpaired) electrons. The molecule has 0 saturated carbocycles. The Bertz CT molecular complexity index is 340. The molecule has 1 rings (SSSR count). The molecule has 0 saturated heterocycles. The largest absolute Gasteiger partial charge is 0.491 e. The van der Waals surface area contributed by atoms with Crippen molar-refractivity contribution >= 4 is 11.6 Å². The molecule has 0 heterocycles. The summed E-state index contributed by atoms with van der Waals surface area (Å²) in [4.78, 5) is 0. The van der Waals surface area contributed by atoms with E-state index in [9.17, 15) is 0 Å². The van der Waals surface area contributed by atoms with Crippen LogP contribution in [0.3, 0.4) is 0 Å². The summed E-state index contributed by atoms with van der Waals surface area (Å²) < 4.78 is 5.31. The molecule has 0 aliphatic carbocycles. The molecular weight excluding hydrogens is 200 g/mol. The molecule has 74 valence electrons. The maximum Gasteiger partial charge on any atom is 0.135 e. The van der Waals surface area contributed by atoms with E-state index in [4.69, 9.17) is 27.3 Å². The second-order valence-corrected chi connectivity index (χ2v) is 3.71. The molecule has 2 N–H and O–H groups in total. The van der Waals surface area contributed by atoms with Gasteiger partial charge in [0.05, 0.1) is 6.07 Å². The summed E-state index contributed by atoms with van der Waals surface area (Å²) in [5, 5.41) is 9.29. The van der Waals surface area contributed by atoms with Gasteiger partial charge in [-0.3, -0.25) is 0 Å². The van der Waals surface area contributed by atoms with Gasteiger partial charge in [0.1, 0.15) is 17.9 Å². The summed E-state index contributed by atoms with van der Waals surface area (Å²) in [7, 11) is 0. The molecule has 0 fully saturated rings. The SMILES string of the molecule is CC(N)(C#N)COc1ccc(Cl)cc1. The van der Waals surface area contributed by atoms with Crippen molar-refractivity contribution in [3.63, 3.8) is 0 Å². The van der Waals surface area contributed by atoms with E-state index in [1.54, 1.807) is 31.2 Å². The van der Waals surface area contributed by atoms with Crippen LogP contribution in [0.15, 0.2) is 24.3 Å². The lowest BCUT2D eigenvalue weighted by Gasteiger charge is -2.15. The lowest BCUT2D eigenvalue weighted by Crippen LogP contribution is -2.40. The monoisotopic (exact) mass is 210 g/mol. The number of nitrogens with zero attached hydrogens (tertiary/aromatic N) is 1. The zero-order valence-corrected chi connectivity index (χ0v) is 8.58. The first kappa shape index (κ1) is 10.8. The summed E-state index contributed by atoms with van der Waals surface area (Å²) in [6.45, 7) is 1.77. The molecule has 0 spiro atoms. The average Bonchev–Trinajstić information content (AvgIpc) is 2.17. The highest BCUT2D eigenvalue weighted by atomic mass is 35.5. The third-order valence-electron chi connectivity index (χ3n) is 1.61. The van der Waals surface area contributed by atoms with Gasteiger partial charge in [0.2, 0.25) is 0 Å². The van der Waals surface area contributed by atoms with Gasteiger partial charge < -0.3 is 10.5 Å². The van der Waals surface area contributed by atoms with Crippen LogP contribution in [0.5, 0.6) is 5.75 Å². The minimum absolute atomic E-state index is 0.158. The zero-order valence-electron chi connectivity index (χ0n) is 7.83. The van der Waals surface area contributed by atoms with Gasteiger partial charge in [-0.1, -0.05) is 11.6 Å². The number of nitrogens with two attached hydrogens (primary N) is 1. The number of rotatable bonds is 3. The van der Waals surface area contributed by atoms with Crippen LogP contribution in [-0.4, -0.2) is 12.1 Å². The second kappa shape index (κ2) is 4.32. The van der Waals surface area contributed by atoms with Gasteiger partial charge >= 0.3 is 0 Å². The molecule has 0 aromatic heterocycles. The normalized spacial score (nSPS) is 14.1. The van der Waals surface area contributed by atoms with Crippen LogP contribution >= 0.6 is 11.6 Å². The Labute approximate surface area is 88.0 Å². The van der Waals surface area contributed by atoms with E-state index in [-0.39, 0.29) is 6.61 Å². The van der Waals surface area contributed by atoms with E-state index >= 15 is 0 Å². The van der Waals surface area contributed by atoms with Crippen molar-refractivity contribution in [3.05, 3.63) is 29.3 Å². The first-order chi connectivity index (χ1) is 6.53. The van der Waals surface area contributed by atoms with Crippen LogP contribution in [0, 0.1) is 11.3 Å². The topological polar surface area (TPSA) is 59.0 Å². The number of hydrogen-bond acceptors (Lipinski definition) is 3. The summed E-state index contributed by atoms with van der Waals surface area (Å²) in [5.74, 6) is 0.654. The van der Waals surface area contributed by atoms with Crippen molar-refractivity contribution in [2.45, 2.75) is 12.5 Å². The number of halogens is 1. The molecule has 0 aliphatic rings. The number of benzene rings is 1. The van der Waals surface area contributed by atoms with E-state index in [1.807, 2.05) is 6.07 Å². The van der Waals surface area contributed by atoms with Crippen LogP contribution in [0.1, 0.15) is 6.92 Å². The smallest absolute Gasteiger partial charge is 0.135 e. The maximum atomic E-state index is 8.64. The van der Waals surface area contributed by atoms with Gasteiger partial charge in [-0.2, -0.15) is 5.26 Å². The van der Waals surface area contributed by atoms with Gasteiger partial charge in [-0.25, -0.2) is 0 Å². The van der Waals surface area contributed by atoms with Crippen LogP contribution < -0.4 is 10.5 Å². The molecule has 4 heteroatoms. The Morgan fingerprint density at radius 3 is 2.57 bits per heavy atom. The maximum absolute atomic E-state index is 8.64. The Kier molecular flexibility index (Phi) is 3.34. The highest BCUT2D eigenvalue weighted by molar-refractivity contribution is 6.30. The lowest BCUT2D eigenvalue weighted by molar-refractivity contribution is 0.265. The van der Waals surface area contributed by atoms with Gasteiger partial charge in [0.25, 0.3) is 0 Å². The molecule has 14 heavy (non-hydrogen) atoms. The van der Waals surface area contributed by atoms with Crippen molar-refractivity contribution in [2.24, 2.45) is 5.73 Å². The predicted octanol–water partition coefficient (Wildman–Crippen LogP) is 1.96. The van der Waals surface area contributed by atoms with Gasteiger partial charge in [-0.05, 0) is 31.2 Å². The first-order valence-corrected chi connectivity index (χ1v) is 4.50. The fraction of sp³-hybridized carbons (Fsp3) is 0.300. The predicted molar refractivity (Wildman–Crippen MR) is 55.2 cm³/mol. The van der Waals surface area contributed by atoms with Crippen LogP contribution in [0.25, 0.3) is 0 Å². The summed E-state index contributed by atoms with van der Waals surface area (Å²) >= 11 is 5.70. The van der Waals surface area contributed by atoms with Crippen molar-refractivity contribution in [1.29, 1.82) is 5.26 Å². The van der Waals surface area contributed by atoms with E-state index < -0.39 is 5.54 Å². The van der Waals surface area contributed by atoms with Crippen molar-refractivity contribution < 1.29 is 4.74 Å². The molecule has 1 aromatic carbocycles. The first-order valence-electron chi connectivity index (χ1n) is 4.12. The lowest BCUT2D eigenvalue weighted by atomic mass is 10.1. The number of ether oxygens (including phenoxy) is 1. The Morgan fingerprint density at radius 2 is 2.07 bits per heavy atom. The molecule has 1 atom stereocenters. The van der Waals surface area contributed by atoms with Crippen molar-refractivity contribution in [1.82, 2.24) is 0 Å². The molecule has 0 amide bonds. The molecular formula is C10H11ClN2O. The Morgan fingerprint density at radius 1 is 1.50 bits per heavy atom. The Balaban J connectivity index is 2.55.